The second kappa shape index (κ2) is 6.21. The molecule has 1 saturated carbocycles. The third-order valence-corrected chi connectivity index (χ3v) is 3.02. The third kappa shape index (κ3) is 5.52. The number of hydrogen-bond donors (Lipinski definition) is 1. The SMILES string of the molecule is CCCCC(=O)[C@H]1C[C@H]1CNC(=O)OC(C)(C)C. The average molecular weight is 255 g/mol. The summed E-state index contributed by atoms with van der Waals surface area (Å²) in [5.41, 5.74) is -0.468. The van der Waals surface area contributed by atoms with Gasteiger partial charge in [-0.15, -0.1) is 0 Å². The lowest BCUT2D eigenvalue weighted by Gasteiger charge is -2.19. The lowest BCUT2D eigenvalue weighted by atomic mass is 10.1. The highest BCUT2D eigenvalue weighted by molar-refractivity contribution is 5.83. The highest BCUT2D eigenvalue weighted by atomic mass is 16.6. The van der Waals surface area contributed by atoms with E-state index in [1.54, 1.807) is 0 Å². The molecule has 0 bridgehead atoms. The standard InChI is InChI=1S/C14H25NO3/c1-5-6-7-12(16)11-8-10(11)9-15-13(17)18-14(2,3)4/h10-11H,5-9H2,1-4H3,(H,15,17)/t10-,11-/m0/s1. The lowest BCUT2D eigenvalue weighted by Crippen LogP contribution is -2.33. The molecule has 1 N–H and O–H groups in total. The monoisotopic (exact) mass is 255 g/mol. The van der Waals surface area contributed by atoms with E-state index in [0.29, 0.717) is 24.7 Å². The molecule has 104 valence electrons. The topological polar surface area (TPSA) is 55.4 Å². The zero-order chi connectivity index (χ0) is 13.8. The first-order chi connectivity index (χ1) is 8.33. The van der Waals surface area contributed by atoms with Crippen LogP contribution in [0, 0.1) is 11.8 Å². The van der Waals surface area contributed by atoms with Gasteiger partial charge in [0.05, 0.1) is 0 Å². The largest absolute Gasteiger partial charge is 0.444 e. The van der Waals surface area contributed by atoms with Crippen molar-refractivity contribution in [3.63, 3.8) is 0 Å². The lowest BCUT2D eigenvalue weighted by molar-refractivity contribution is -0.120. The van der Waals surface area contributed by atoms with Crippen molar-refractivity contribution < 1.29 is 14.3 Å². The number of ketones is 1. The molecule has 1 fully saturated rings. The minimum atomic E-state index is -0.468. The highest BCUT2D eigenvalue weighted by Gasteiger charge is 2.42. The molecule has 2 atom stereocenters. The maximum Gasteiger partial charge on any atom is 0.407 e. The van der Waals surface area contributed by atoms with Gasteiger partial charge in [-0.1, -0.05) is 13.3 Å². The molecule has 0 aliphatic heterocycles. The second-order valence-electron chi connectivity index (χ2n) is 6.05. The highest BCUT2D eigenvalue weighted by Crippen LogP contribution is 2.39. The van der Waals surface area contributed by atoms with Crippen LogP contribution in [-0.4, -0.2) is 24.0 Å². The number of alkyl carbamates (subject to hydrolysis) is 1. The number of unbranched alkanes of at least 4 members (excludes halogenated alkanes) is 1. The molecule has 1 aliphatic rings. The van der Waals surface area contributed by atoms with E-state index in [-0.39, 0.29) is 5.92 Å². The van der Waals surface area contributed by atoms with Crippen LogP contribution in [0.5, 0.6) is 0 Å². The number of Topliss-reactive ketones (excluding diaryl/α,β-unsaturated/α-hetero) is 1. The van der Waals surface area contributed by atoms with Gasteiger partial charge in [0.2, 0.25) is 0 Å². The molecular weight excluding hydrogens is 230 g/mol. The van der Waals surface area contributed by atoms with Gasteiger partial charge >= 0.3 is 6.09 Å². The van der Waals surface area contributed by atoms with E-state index in [1.165, 1.54) is 0 Å². The Morgan fingerprint density at radius 3 is 2.56 bits per heavy atom. The van der Waals surface area contributed by atoms with Crippen LogP contribution in [0.4, 0.5) is 4.79 Å². The maximum atomic E-state index is 11.7. The van der Waals surface area contributed by atoms with Crippen molar-refractivity contribution in [2.75, 3.05) is 6.54 Å². The third-order valence-electron chi connectivity index (χ3n) is 3.02. The molecule has 0 radical (unpaired) electrons. The molecule has 0 saturated heterocycles. The number of carbonyl (C=O) groups excluding carboxylic acids is 2. The molecule has 0 aromatic rings. The average Bonchev–Trinajstić information content (AvgIpc) is 3.00. The summed E-state index contributed by atoms with van der Waals surface area (Å²) in [6.45, 7) is 8.14. The first-order valence-electron chi connectivity index (χ1n) is 6.83. The Balaban J connectivity index is 2.16. The van der Waals surface area contributed by atoms with Crippen molar-refractivity contribution in [1.82, 2.24) is 5.32 Å². The zero-order valence-corrected chi connectivity index (χ0v) is 11.9. The number of amides is 1. The van der Waals surface area contributed by atoms with E-state index in [4.69, 9.17) is 4.74 Å². The van der Waals surface area contributed by atoms with Gasteiger partial charge in [-0.05, 0) is 39.5 Å². The Morgan fingerprint density at radius 2 is 2.00 bits per heavy atom. The van der Waals surface area contributed by atoms with Crippen LogP contribution < -0.4 is 5.32 Å². The van der Waals surface area contributed by atoms with Crippen LogP contribution in [-0.2, 0) is 9.53 Å². The number of rotatable bonds is 6. The fourth-order valence-electron chi connectivity index (χ4n) is 1.93. The summed E-state index contributed by atoms with van der Waals surface area (Å²) in [6.07, 6.45) is 3.23. The Kier molecular flexibility index (Phi) is 5.17. The van der Waals surface area contributed by atoms with Gasteiger partial charge in [-0.25, -0.2) is 4.79 Å². The fourth-order valence-corrected chi connectivity index (χ4v) is 1.93. The smallest absolute Gasteiger partial charge is 0.407 e. The van der Waals surface area contributed by atoms with E-state index in [0.717, 1.165) is 19.3 Å². The summed E-state index contributed by atoms with van der Waals surface area (Å²) in [6, 6.07) is 0. The molecule has 4 heteroatoms. The summed E-state index contributed by atoms with van der Waals surface area (Å²) < 4.78 is 5.14. The van der Waals surface area contributed by atoms with Gasteiger partial charge < -0.3 is 10.1 Å². The molecule has 1 aliphatic carbocycles. The summed E-state index contributed by atoms with van der Waals surface area (Å²) in [5.74, 6) is 0.848. The van der Waals surface area contributed by atoms with Crippen molar-refractivity contribution in [2.24, 2.45) is 11.8 Å². The predicted molar refractivity (Wildman–Crippen MR) is 70.4 cm³/mol. The summed E-state index contributed by atoms with van der Waals surface area (Å²) in [4.78, 5) is 23.1. The quantitative estimate of drug-likeness (QED) is 0.794. The van der Waals surface area contributed by atoms with Gasteiger partial charge in [-0.3, -0.25) is 4.79 Å². The van der Waals surface area contributed by atoms with Gasteiger partial charge in [0, 0.05) is 18.9 Å². The Bertz CT molecular complexity index is 307. The van der Waals surface area contributed by atoms with Gasteiger partial charge in [0.15, 0.2) is 0 Å². The Hall–Kier alpha value is -1.06. The van der Waals surface area contributed by atoms with Gasteiger partial charge in [0.25, 0.3) is 0 Å². The van der Waals surface area contributed by atoms with Crippen LogP contribution in [0.1, 0.15) is 53.4 Å². The summed E-state index contributed by atoms with van der Waals surface area (Å²) in [7, 11) is 0. The first kappa shape index (κ1) is 15.0. The normalized spacial score (nSPS) is 22.4. The van der Waals surface area contributed by atoms with Gasteiger partial charge in [-0.2, -0.15) is 0 Å². The Labute approximate surface area is 109 Å². The predicted octanol–water partition coefficient (Wildman–Crippen LogP) is 2.91. The number of nitrogens with one attached hydrogen (secondary N) is 1. The Morgan fingerprint density at radius 1 is 1.33 bits per heavy atom. The fraction of sp³-hybridized carbons (Fsp3) is 0.857. The van der Waals surface area contributed by atoms with E-state index < -0.39 is 11.7 Å². The summed E-state index contributed by atoms with van der Waals surface area (Å²) in [5, 5.41) is 2.73. The second-order valence-corrected chi connectivity index (χ2v) is 6.05. The minimum Gasteiger partial charge on any atom is -0.444 e. The number of ether oxygens (including phenoxy) is 1. The van der Waals surface area contributed by atoms with E-state index >= 15 is 0 Å². The van der Waals surface area contributed by atoms with Crippen LogP contribution in [0.15, 0.2) is 0 Å². The molecule has 0 heterocycles. The van der Waals surface area contributed by atoms with Crippen LogP contribution in [0.2, 0.25) is 0 Å². The van der Waals surface area contributed by atoms with Crippen molar-refractivity contribution >= 4 is 11.9 Å². The van der Waals surface area contributed by atoms with Crippen LogP contribution in [0.25, 0.3) is 0 Å². The molecule has 0 aromatic heterocycles. The molecule has 1 rings (SSSR count). The number of carbonyl (C=O) groups is 2. The zero-order valence-electron chi connectivity index (χ0n) is 11.9. The molecule has 18 heavy (non-hydrogen) atoms. The number of hydrogen-bond acceptors (Lipinski definition) is 3. The van der Waals surface area contributed by atoms with E-state index in [9.17, 15) is 9.59 Å². The minimum absolute atomic E-state index is 0.173. The van der Waals surface area contributed by atoms with Crippen molar-refractivity contribution in [1.29, 1.82) is 0 Å². The summed E-state index contributed by atoms with van der Waals surface area (Å²) >= 11 is 0. The molecular formula is C14H25NO3. The first-order valence-corrected chi connectivity index (χ1v) is 6.83. The molecule has 4 nitrogen and oxygen atoms in total. The maximum absolute atomic E-state index is 11.7. The van der Waals surface area contributed by atoms with Gasteiger partial charge in [0.1, 0.15) is 11.4 Å². The molecule has 0 unspecified atom stereocenters. The van der Waals surface area contributed by atoms with E-state index in [2.05, 4.69) is 12.2 Å². The van der Waals surface area contributed by atoms with Crippen LogP contribution >= 0.6 is 0 Å². The van der Waals surface area contributed by atoms with Crippen molar-refractivity contribution in [2.45, 2.75) is 59.0 Å². The van der Waals surface area contributed by atoms with Crippen LogP contribution in [0.3, 0.4) is 0 Å². The molecule has 0 spiro atoms. The van der Waals surface area contributed by atoms with Crippen molar-refractivity contribution in [3.8, 4) is 0 Å². The molecule has 1 amide bonds. The van der Waals surface area contributed by atoms with Crippen molar-refractivity contribution in [3.05, 3.63) is 0 Å². The molecule has 0 aromatic carbocycles. The van der Waals surface area contributed by atoms with E-state index in [1.807, 2.05) is 20.8 Å².